The second kappa shape index (κ2) is 13.0. The maximum atomic E-state index is 2.74. The van der Waals surface area contributed by atoms with Gasteiger partial charge in [-0.15, -0.1) is 0 Å². The summed E-state index contributed by atoms with van der Waals surface area (Å²) in [5.74, 6) is 5.02. The summed E-state index contributed by atoms with van der Waals surface area (Å²) in [4.78, 5) is 0. The van der Waals surface area contributed by atoms with Crippen LogP contribution in [-0.4, -0.2) is 0 Å². The molecule has 3 fully saturated rings. The molecular formula is C32H60. The van der Waals surface area contributed by atoms with Crippen LogP contribution in [0.3, 0.4) is 0 Å². The first-order valence-corrected chi connectivity index (χ1v) is 15.1. The van der Waals surface area contributed by atoms with E-state index >= 15 is 0 Å². The highest BCUT2D eigenvalue weighted by Gasteiger charge is 2.58. The average Bonchev–Trinajstić information content (AvgIpc) is 3.13. The van der Waals surface area contributed by atoms with E-state index in [1.54, 1.807) is 12.8 Å². The Morgan fingerprint density at radius 3 is 2.12 bits per heavy atom. The number of allylic oxidation sites excluding steroid dienone is 2. The number of fused-ring (bicyclic) bond motifs is 5. The highest BCUT2D eigenvalue weighted by atomic mass is 14.6. The van der Waals surface area contributed by atoms with E-state index in [1.165, 1.54) is 83.5 Å². The second-order valence-corrected chi connectivity index (χ2v) is 12.3. The van der Waals surface area contributed by atoms with Gasteiger partial charge >= 0.3 is 0 Å². The molecule has 0 N–H and O–H groups in total. The topological polar surface area (TPSA) is 0 Å². The summed E-state index contributed by atoms with van der Waals surface area (Å²) in [6, 6.07) is 0. The third-order valence-electron chi connectivity index (χ3n) is 10.4. The molecule has 32 heavy (non-hydrogen) atoms. The zero-order valence-corrected chi connectivity index (χ0v) is 23.6. The van der Waals surface area contributed by atoms with Crippen LogP contribution in [0.4, 0.5) is 0 Å². The van der Waals surface area contributed by atoms with E-state index in [4.69, 9.17) is 0 Å². The van der Waals surface area contributed by atoms with Crippen LogP contribution >= 0.6 is 0 Å². The van der Waals surface area contributed by atoms with Gasteiger partial charge in [-0.1, -0.05) is 106 Å². The van der Waals surface area contributed by atoms with Crippen LogP contribution in [0.1, 0.15) is 152 Å². The molecule has 7 unspecified atom stereocenters. The molecule has 0 heterocycles. The normalized spacial score (nSPS) is 39.9. The highest BCUT2D eigenvalue weighted by molar-refractivity contribution is 5.24. The Bertz CT molecular complexity index is 556. The van der Waals surface area contributed by atoms with Crippen LogP contribution in [0.25, 0.3) is 0 Å². The fourth-order valence-electron chi connectivity index (χ4n) is 8.42. The summed E-state index contributed by atoms with van der Waals surface area (Å²) in [5.41, 5.74) is 3.11. The van der Waals surface area contributed by atoms with Crippen LogP contribution < -0.4 is 0 Å². The summed E-state index contributed by atoms with van der Waals surface area (Å²) >= 11 is 0. The van der Waals surface area contributed by atoms with Crippen molar-refractivity contribution in [1.82, 2.24) is 0 Å². The number of unbranched alkanes of at least 4 members (excludes halogenated alkanes) is 4. The van der Waals surface area contributed by atoms with Crippen LogP contribution in [0.2, 0.25) is 0 Å². The van der Waals surface area contributed by atoms with Crippen molar-refractivity contribution in [3.63, 3.8) is 0 Å². The van der Waals surface area contributed by atoms with Crippen molar-refractivity contribution < 1.29 is 0 Å². The minimum Gasteiger partial charge on any atom is -0.0845 e. The number of hydrogen-bond donors (Lipinski definition) is 0. The Labute approximate surface area is 203 Å². The molecule has 0 nitrogen and oxygen atoms in total. The maximum Gasteiger partial charge on any atom is -0.00851 e. The predicted octanol–water partition coefficient (Wildman–Crippen LogP) is 11.0. The van der Waals surface area contributed by atoms with E-state index in [2.05, 4.69) is 47.6 Å². The van der Waals surface area contributed by atoms with Crippen molar-refractivity contribution in [2.45, 2.75) is 152 Å². The van der Waals surface area contributed by atoms with Gasteiger partial charge in [0.2, 0.25) is 0 Å². The summed E-state index contributed by atoms with van der Waals surface area (Å²) in [7, 11) is 0. The van der Waals surface area contributed by atoms with Crippen LogP contribution in [0.15, 0.2) is 11.6 Å². The van der Waals surface area contributed by atoms with Gasteiger partial charge in [-0.05, 0) is 98.2 Å². The quantitative estimate of drug-likeness (QED) is 0.282. The first-order valence-electron chi connectivity index (χ1n) is 15.1. The van der Waals surface area contributed by atoms with E-state index in [0.717, 1.165) is 29.6 Å². The Morgan fingerprint density at radius 1 is 0.812 bits per heavy atom. The Balaban J connectivity index is 0.000000460. The molecule has 0 radical (unpaired) electrons. The highest BCUT2D eigenvalue weighted by Crippen LogP contribution is 2.67. The molecular weight excluding hydrogens is 384 g/mol. The lowest BCUT2D eigenvalue weighted by atomic mass is 9.47. The number of rotatable bonds is 6. The van der Waals surface area contributed by atoms with Crippen LogP contribution in [-0.2, 0) is 0 Å². The Morgan fingerprint density at radius 2 is 1.50 bits per heavy atom. The van der Waals surface area contributed by atoms with Gasteiger partial charge in [0, 0.05) is 0 Å². The predicted molar refractivity (Wildman–Crippen MR) is 145 cm³/mol. The SMILES string of the molecule is CC.CCCCC.CCCCCC1CCC2C3CC=C4CC(C)CCC4(C)C3CCC12C. The standard InChI is InChI=1S/C25H42.C5H12.C2H6/c1-5-6-7-8-19-10-12-22-21-11-9-20-17-18(2)13-15-25(20,4)23(21)14-16-24(19,22)3;1-3-5-4-2;1-2/h9,18-19,21-23H,5-8,10-17H2,1-4H3;3-5H2,1-2H3;1-2H3. The third kappa shape index (κ3) is 5.86. The maximum absolute atomic E-state index is 2.74. The molecule has 0 aromatic heterocycles. The molecule has 3 saturated carbocycles. The summed E-state index contributed by atoms with van der Waals surface area (Å²) in [6.07, 6.45) is 24.6. The monoisotopic (exact) mass is 444 g/mol. The minimum absolute atomic E-state index is 0.567. The van der Waals surface area contributed by atoms with Gasteiger partial charge in [-0.25, -0.2) is 0 Å². The molecule has 0 heteroatoms. The second-order valence-electron chi connectivity index (χ2n) is 12.3. The molecule has 188 valence electrons. The van der Waals surface area contributed by atoms with Gasteiger partial charge in [0.15, 0.2) is 0 Å². The van der Waals surface area contributed by atoms with Crippen molar-refractivity contribution in [2.75, 3.05) is 0 Å². The molecule has 0 aliphatic heterocycles. The molecule has 7 atom stereocenters. The molecule has 4 aliphatic rings. The lowest BCUT2D eigenvalue weighted by Gasteiger charge is -2.58. The lowest BCUT2D eigenvalue weighted by molar-refractivity contribution is -0.0450. The molecule has 4 aliphatic carbocycles. The van der Waals surface area contributed by atoms with E-state index in [9.17, 15) is 0 Å². The largest absolute Gasteiger partial charge is 0.0845 e. The van der Waals surface area contributed by atoms with Crippen LogP contribution in [0.5, 0.6) is 0 Å². The molecule has 0 amide bonds. The Hall–Kier alpha value is -0.260. The molecule has 0 saturated heterocycles. The fourth-order valence-corrected chi connectivity index (χ4v) is 8.42. The van der Waals surface area contributed by atoms with Crippen molar-refractivity contribution in [3.8, 4) is 0 Å². The van der Waals surface area contributed by atoms with E-state index < -0.39 is 0 Å². The van der Waals surface area contributed by atoms with Crippen molar-refractivity contribution in [3.05, 3.63) is 11.6 Å². The van der Waals surface area contributed by atoms with Crippen molar-refractivity contribution in [2.24, 2.45) is 40.4 Å². The molecule has 0 aromatic rings. The summed E-state index contributed by atoms with van der Waals surface area (Å²) in [6.45, 7) is 18.6. The first-order chi connectivity index (χ1) is 15.4. The van der Waals surface area contributed by atoms with E-state index in [-0.39, 0.29) is 0 Å². The lowest BCUT2D eigenvalue weighted by Crippen LogP contribution is -2.49. The van der Waals surface area contributed by atoms with Gasteiger partial charge in [0.1, 0.15) is 0 Å². The smallest absolute Gasteiger partial charge is 0.00851 e. The van der Waals surface area contributed by atoms with Crippen molar-refractivity contribution >= 4 is 0 Å². The average molecular weight is 445 g/mol. The Kier molecular flexibility index (Phi) is 11.4. The van der Waals surface area contributed by atoms with Gasteiger partial charge in [0.25, 0.3) is 0 Å². The molecule has 4 rings (SSSR count). The van der Waals surface area contributed by atoms with E-state index in [1.807, 2.05) is 19.4 Å². The summed E-state index contributed by atoms with van der Waals surface area (Å²) < 4.78 is 0. The number of hydrogen-bond acceptors (Lipinski definition) is 0. The van der Waals surface area contributed by atoms with Gasteiger partial charge < -0.3 is 0 Å². The zero-order chi connectivity index (χ0) is 23.8. The molecule has 0 aromatic carbocycles. The molecule has 0 bridgehead atoms. The van der Waals surface area contributed by atoms with E-state index in [0.29, 0.717) is 10.8 Å². The minimum atomic E-state index is 0.567. The first kappa shape index (κ1) is 28.0. The van der Waals surface area contributed by atoms with Crippen LogP contribution in [0, 0.1) is 40.4 Å². The zero-order valence-electron chi connectivity index (χ0n) is 23.6. The van der Waals surface area contributed by atoms with Gasteiger partial charge in [-0.3, -0.25) is 0 Å². The fraction of sp³-hybridized carbons (Fsp3) is 0.938. The van der Waals surface area contributed by atoms with Gasteiger partial charge in [-0.2, -0.15) is 0 Å². The summed E-state index contributed by atoms with van der Waals surface area (Å²) in [5, 5.41) is 0. The van der Waals surface area contributed by atoms with Crippen molar-refractivity contribution in [1.29, 1.82) is 0 Å². The molecule has 0 spiro atoms. The van der Waals surface area contributed by atoms with Gasteiger partial charge in [0.05, 0.1) is 0 Å². The third-order valence-corrected chi connectivity index (χ3v) is 10.4.